The fourth-order valence-corrected chi connectivity index (χ4v) is 1.30. The Bertz CT molecular complexity index is 480. The van der Waals surface area contributed by atoms with Crippen molar-refractivity contribution in [2.75, 3.05) is 19.0 Å². The van der Waals surface area contributed by atoms with Crippen molar-refractivity contribution >= 4 is 17.6 Å². The molecule has 0 bridgehead atoms. The van der Waals surface area contributed by atoms with E-state index in [4.69, 9.17) is 10.5 Å². The van der Waals surface area contributed by atoms with Crippen molar-refractivity contribution in [3.8, 4) is 5.75 Å². The van der Waals surface area contributed by atoms with Crippen molar-refractivity contribution in [3.63, 3.8) is 0 Å². The van der Waals surface area contributed by atoms with Crippen molar-refractivity contribution in [1.82, 2.24) is 0 Å². The summed E-state index contributed by atoms with van der Waals surface area (Å²) in [5.74, 6) is -0.697. The summed E-state index contributed by atoms with van der Waals surface area (Å²) in [5, 5.41) is 2.74. The minimum Gasteiger partial charge on any atom is -0.494 e. The second-order valence-electron chi connectivity index (χ2n) is 3.53. The number of esters is 1. The summed E-state index contributed by atoms with van der Waals surface area (Å²) < 4.78 is 9.72. The highest BCUT2D eigenvalue weighted by molar-refractivity contribution is 6.00. The molecule has 0 atom stereocenters. The number of primary amides is 1. The third-order valence-electron chi connectivity index (χ3n) is 2.17. The van der Waals surface area contributed by atoms with E-state index in [0.717, 1.165) is 6.08 Å². The SMILES string of the molecule is CCOc1ccc(N/C(=C\C(=O)OC)C(N)=O)cc1. The third kappa shape index (κ3) is 4.71. The summed E-state index contributed by atoms with van der Waals surface area (Å²) in [7, 11) is 1.22. The maximum atomic E-state index is 11.2. The number of nitrogens with two attached hydrogens (primary N) is 1. The molecule has 1 rings (SSSR count). The summed E-state index contributed by atoms with van der Waals surface area (Å²) in [5.41, 5.74) is 5.73. The van der Waals surface area contributed by atoms with E-state index < -0.39 is 11.9 Å². The molecule has 0 saturated heterocycles. The Hall–Kier alpha value is -2.50. The van der Waals surface area contributed by atoms with Crippen LogP contribution < -0.4 is 15.8 Å². The zero-order chi connectivity index (χ0) is 14.3. The van der Waals surface area contributed by atoms with Crippen LogP contribution in [-0.2, 0) is 14.3 Å². The number of hydrogen-bond acceptors (Lipinski definition) is 5. The van der Waals surface area contributed by atoms with Gasteiger partial charge in [-0.1, -0.05) is 0 Å². The molecule has 0 saturated carbocycles. The van der Waals surface area contributed by atoms with Crippen molar-refractivity contribution in [2.24, 2.45) is 5.73 Å². The number of benzene rings is 1. The molecular formula is C13H16N2O4. The number of hydrogen-bond donors (Lipinski definition) is 2. The zero-order valence-corrected chi connectivity index (χ0v) is 10.8. The largest absolute Gasteiger partial charge is 0.494 e. The van der Waals surface area contributed by atoms with E-state index >= 15 is 0 Å². The van der Waals surface area contributed by atoms with Gasteiger partial charge in [-0.15, -0.1) is 0 Å². The van der Waals surface area contributed by atoms with Gasteiger partial charge in [-0.3, -0.25) is 4.79 Å². The molecule has 1 aromatic rings. The first-order chi connectivity index (χ1) is 9.06. The minimum atomic E-state index is -0.751. The van der Waals surface area contributed by atoms with Crippen LogP contribution in [0.1, 0.15) is 6.92 Å². The van der Waals surface area contributed by atoms with E-state index in [9.17, 15) is 9.59 Å². The monoisotopic (exact) mass is 264 g/mol. The zero-order valence-electron chi connectivity index (χ0n) is 10.8. The van der Waals surface area contributed by atoms with Crippen LogP contribution in [0.3, 0.4) is 0 Å². The minimum absolute atomic E-state index is 0.0454. The van der Waals surface area contributed by atoms with Gasteiger partial charge in [0.2, 0.25) is 0 Å². The Balaban J connectivity index is 2.82. The van der Waals surface area contributed by atoms with E-state index in [2.05, 4.69) is 10.1 Å². The van der Waals surface area contributed by atoms with Crippen LogP contribution in [0.4, 0.5) is 5.69 Å². The fraction of sp³-hybridized carbons (Fsp3) is 0.231. The number of amides is 1. The average Bonchev–Trinajstić information content (AvgIpc) is 2.40. The number of methoxy groups -OCH3 is 1. The predicted octanol–water partition coefficient (Wildman–Crippen LogP) is 1.04. The smallest absolute Gasteiger partial charge is 0.332 e. The van der Waals surface area contributed by atoms with Crippen molar-refractivity contribution in [2.45, 2.75) is 6.92 Å². The van der Waals surface area contributed by atoms with E-state index in [-0.39, 0.29) is 5.70 Å². The highest BCUT2D eigenvalue weighted by Crippen LogP contribution is 2.17. The molecule has 19 heavy (non-hydrogen) atoms. The standard InChI is InChI=1S/C13H16N2O4/c1-3-19-10-6-4-9(5-7-10)15-11(13(14)17)8-12(16)18-2/h4-8,15H,3H2,1-2H3,(H2,14,17)/b11-8-. The summed E-state index contributed by atoms with van der Waals surface area (Å²) in [6, 6.07) is 6.89. The van der Waals surface area contributed by atoms with Crippen LogP contribution in [-0.4, -0.2) is 25.6 Å². The Morgan fingerprint density at radius 3 is 2.42 bits per heavy atom. The molecule has 0 aliphatic rings. The molecule has 0 aliphatic carbocycles. The van der Waals surface area contributed by atoms with Gasteiger partial charge in [0.1, 0.15) is 11.4 Å². The van der Waals surface area contributed by atoms with Crippen LogP contribution in [0, 0.1) is 0 Å². The fourth-order valence-electron chi connectivity index (χ4n) is 1.30. The molecule has 102 valence electrons. The second-order valence-corrected chi connectivity index (χ2v) is 3.53. The van der Waals surface area contributed by atoms with Crippen molar-refractivity contribution < 1.29 is 19.1 Å². The van der Waals surface area contributed by atoms with Crippen LogP contribution in [0.15, 0.2) is 36.0 Å². The Morgan fingerprint density at radius 1 is 1.32 bits per heavy atom. The van der Waals surface area contributed by atoms with Gasteiger partial charge in [-0.05, 0) is 31.2 Å². The van der Waals surface area contributed by atoms with Crippen molar-refractivity contribution in [3.05, 3.63) is 36.0 Å². The average molecular weight is 264 g/mol. The molecular weight excluding hydrogens is 248 g/mol. The van der Waals surface area contributed by atoms with Gasteiger partial charge >= 0.3 is 5.97 Å². The van der Waals surface area contributed by atoms with Gasteiger partial charge in [0.15, 0.2) is 0 Å². The van der Waals surface area contributed by atoms with Gasteiger partial charge in [0.25, 0.3) is 5.91 Å². The lowest BCUT2D eigenvalue weighted by molar-refractivity contribution is -0.135. The Labute approximate surface area is 111 Å². The lowest BCUT2D eigenvalue weighted by Crippen LogP contribution is -2.21. The molecule has 6 nitrogen and oxygen atoms in total. The molecule has 0 spiro atoms. The van der Waals surface area contributed by atoms with Crippen LogP contribution in [0.25, 0.3) is 0 Å². The lowest BCUT2D eigenvalue weighted by atomic mass is 10.2. The highest BCUT2D eigenvalue weighted by atomic mass is 16.5. The van der Waals surface area contributed by atoms with Crippen LogP contribution in [0.2, 0.25) is 0 Å². The molecule has 3 N–H and O–H groups in total. The van der Waals surface area contributed by atoms with E-state index in [1.165, 1.54) is 7.11 Å². The first-order valence-electron chi connectivity index (χ1n) is 5.66. The lowest BCUT2D eigenvalue weighted by Gasteiger charge is -2.09. The topological polar surface area (TPSA) is 90.7 Å². The van der Waals surface area contributed by atoms with Crippen molar-refractivity contribution in [1.29, 1.82) is 0 Å². The molecule has 0 heterocycles. The van der Waals surface area contributed by atoms with Gasteiger partial charge in [-0.2, -0.15) is 0 Å². The quantitative estimate of drug-likeness (QED) is 0.591. The molecule has 1 aromatic carbocycles. The third-order valence-corrected chi connectivity index (χ3v) is 2.17. The maximum Gasteiger partial charge on any atom is 0.332 e. The molecule has 0 fully saturated rings. The number of carbonyl (C=O) groups excluding carboxylic acids is 2. The number of anilines is 1. The Kier molecular flexibility index (Phi) is 5.40. The molecule has 1 amide bonds. The number of carbonyl (C=O) groups is 2. The summed E-state index contributed by atoms with van der Waals surface area (Å²) in [4.78, 5) is 22.3. The first kappa shape index (κ1) is 14.6. The first-order valence-corrected chi connectivity index (χ1v) is 5.66. The normalized spacial score (nSPS) is 10.7. The second kappa shape index (κ2) is 7.05. The van der Waals surface area contributed by atoms with Gasteiger partial charge < -0.3 is 20.5 Å². The van der Waals surface area contributed by atoms with Crippen LogP contribution in [0.5, 0.6) is 5.75 Å². The summed E-state index contributed by atoms with van der Waals surface area (Å²) in [6.45, 7) is 2.46. The van der Waals surface area contributed by atoms with E-state index in [1.54, 1.807) is 24.3 Å². The summed E-state index contributed by atoms with van der Waals surface area (Å²) in [6.07, 6.45) is 0.999. The number of nitrogens with one attached hydrogen (secondary N) is 1. The molecule has 0 unspecified atom stereocenters. The van der Waals surface area contributed by atoms with Gasteiger partial charge in [-0.25, -0.2) is 4.79 Å². The molecule has 0 aromatic heterocycles. The summed E-state index contributed by atoms with van der Waals surface area (Å²) >= 11 is 0. The number of rotatable bonds is 6. The number of ether oxygens (including phenoxy) is 2. The van der Waals surface area contributed by atoms with Crippen LogP contribution >= 0.6 is 0 Å². The van der Waals surface area contributed by atoms with Gasteiger partial charge in [0.05, 0.1) is 19.8 Å². The van der Waals surface area contributed by atoms with E-state index in [1.807, 2.05) is 6.92 Å². The maximum absolute atomic E-state index is 11.2. The molecule has 0 aliphatic heterocycles. The Morgan fingerprint density at radius 2 is 1.95 bits per heavy atom. The highest BCUT2D eigenvalue weighted by Gasteiger charge is 2.08. The van der Waals surface area contributed by atoms with E-state index in [0.29, 0.717) is 18.0 Å². The molecule has 6 heteroatoms. The predicted molar refractivity (Wildman–Crippen MR) is 70.5 cm³/mol. The molecule has 0 radical (unpaired) electrons. The van der Waals surface area contributed by atoms with Gasteiger partial charge in [0, 0.05) is 5.69 Å².